The molecule has 7 heteroatoms. The van der Waals surface area contributed by atoms with Gasteiger partial charge in [0.05, 0.1) is 12.2 Å². The number of ether oxygens (including phenoxy) is 1. The number of rotatable bonds is 6. The highest BCUT2D eigenvalue weighted by molar-refractivity contribution is 5.95. The first kappa shape index (κ1) is 18.6. The Bertz CT molecular complexity index is 745. The van der Waals surface area contributed by atoms with Crippen molar-refractivity contribution in [2.75, 3.05) is 17.2 Å². The van der Waals surface area contributed by atoms with Crippen LogP contribution in [0.5, 0.6) is 5.75 Å². The van der Waals surface area contributed by atoms with Crippen LogP contribution >= 0.6 is 0 Å². The summed E-state index contributed by atoms with van der Waals surface area (Å²) in [6, 6.07) is 11.3. The van der Waals surface area contributed by atoms with Crippen LogP contribution in [-0.2, 0) is 11.2 Å². The molecule has 0 aliphatic rings. The molecule has 25 heavy (non-hydrogen) atoms. The van der Waals surface area contributed by atoms with Gasteiger partial charge in [0.25, 0.3) is 0 Å². The van der Waals surface area contributed by atoms with Gasteiger partial charge in [0, 0.05) is 5.69 Å². The zero-order chi connectivity index (χ0) is 18.4. The first-order valence-electron chi connectivity index (χ1n) is 7.77. The first-order chi connectivity index (χ1) is 11.8. The molecule has 1 amide bonds. The summed E-state index contributed by atoms with van der Waals surface area (Å²) in [6.45, 7) is 3.68. The van der Waals surface area contributed by atoms with Crippen LogP contribution in [0.25, 0.3) is 0 Å². The number of aryl methyl sites for hydroxylation is 2. The van der Waals surface area contributed by atoms with Gasteiger partial charge in [-0.05, 0) is 36.6 Å². The highest BCUT2D eigenvalue weighted by Crippen LogP contribution is 2.29. The molecule has 4 nitrogen and oxygen atoms in total. The second-order valence-corrected chi connectivity index (χ2v) is 5.41. The number of alkyl halides is 3. The number of nitrogens with one attached hydrogen (secondary N) is 2. The van der Waals surface area contributed by atoms with Gasteiger partial charge in [-0.2, -0.15) is 0 Å². The minimum absolute atomic E-state index is 0.0930. The van der Waals surface area contributed by atoms with E-state index in [1.54, 1.807) is 6.07 Å². The predicted molar refractivity (Wildman–Crippen MR) is 90.8 cm³/mol. The van der Waals surface area contributed by atoms with Crippen LogP contribution in [0.2, 0.25) is 0 Å². The number of anilines is 2. The fourth-order valence-corrected chi connectivity index (χ4v) is 2.39. The average Bonchev–Trinajstić information content (AvgIpc) is 2.54. The largest absolute Gasteiger partial charge is 0.573 e. The molecular weight excluding hydrogens is 333 g/mol. The lowest BCUT2D eigenvalue weighted by atomic mass is 10.1. The van der Waals surface area contributed by atoms with Crippen molar-refractivity contribution >= 4 is 17.3 Å². The Hall–Kier alpha value is -2.70. The van der Waals surface area contributed by atoms with Crippen molar-refractivity contribution in [3.05, 3.63) is 53.6 Å². The number of amides is 1. The Morgan fingerprint density at radius 1 is 1.12 bits per heavy atom. The quantitative estimate of drug-likeness (QED) is 0.804. The van der Waals surface area contributed by atoms with Crippen LogP contribution < -0.4 is 15.4 Å². The summed E-state index contributed by atoms with van der Waals surface area (Å²) in [7, 11) is 0. The lowest BCUT2D eigenvalue weighted by Crippen LogP contribution is -2.24. The molecule has 0 saturated heterocycles. The molecule has 2 aromatic rings. The maximum atomic E-state index is 12.4. The van der Waals surface area contributed by atoms with Crippen LogP contribution in [-0.4, -0.2) is 18.8 Å². The smallest absolute Gasteiger partial charge is 0.404 e. The van der Waals surface area contributed by atoms with Crippen LogP contribution in [0.1, 0.15) is 18.1 Å². The molecule has 0 unspecified atom stereocenters. The van der Waals surface area contributed by atoms with Crippen molar-refractivity contribution in [3.63, 3.8) is 0 Å². The zero-order valence-electron chi connectivity index (χ0n) is 13.9. The van der Waals surface area contributed by atoms with Gasteiger partial charge in [-0.15, -0.1) is 13.2 Å². The average molecular weight is 352 g/mol. The molecule has 2 aromatic carbocycles. The number of halogens is 3. The van der Waals surface area contributed by atoms with Crippen LogP contribution in [0.3, 0.4) is 0 Å². The van der Waals surface area contributed by atoms with Gasteiger partial charge in [0.1, 0.15) is 0 Å². The van der Waals surface area contributed by atoms with E-state index in [4.69, 9.17) is 0 Å². The van der Waals surface area contributed by atoms with Gasteiger partial charge in [-0.1, -0.05) is 37.3 Å². The van der Waals surface area contributed by atoms with Crippen molar-refractivity contribution in [1.29, 1.82) is 0 Å². The molecule has 0 radical (unpaired) electrons. The lowest BCUT2D eigenvalue weighted by Gasteiger charge is -2.16. The molecule has 0 aliphatic heterocycles. The van der Waals surface area contributed by atoms with Crippen LogP contribution in [0.4, 0.5) is 24.5 Å². The Morgan fingerprint density at radius 2 is 1.84 bits per heavy atom. The molecule has 0 aromatic heterocycles. The third-order valence-electron chi connectivity index (χ3n) is 3.56. The predicted octanol–water partition coefficient (Wildman–Crippen LogP) is 4.51. The van der Waals surface area contributed by atoms with E-state index in [1.807, 2.05) is 32.0 Å². The topological polar surface area (TPSA) is 50.4 Å². The fraction of sp³-hybridized carbons (Fsp3) is 0.278. The molecule has 0 spiro atoms. The summed E-state index contributed by atoms with van der Waals surface area (Å²) in [6.07, 6.45) is -4.04. The van der Waals surface area contributed by atoms with Gasteiger partial charge in [-0.25, -0.2) is 0 Å². The summed E-state index contributed by atoms with van der Waals surface area (Å²) < 4.78 is 41.2. The number of hydrogen-bond donors (Lipinski definition) is 2. The number of carbonyl (C=O) groups is 1. The van der Waals surface area contributed by atoms with Crippen molar-refractivity contribution in [3.8, 4) is 5.75 Å². The number of benzene rings is 2. The molecule has 0 aliphatic carbocycles. The molecule has 0 atom stereocenters. The van der Waals surface area contributed by atoms with Gasteiger partial charge in [-0.3, -0.25) is 4.79 Å². The van der Waals surface area contributed by atoms with E-state index in [0.717, 1.165) is 23.2 Å². The molecule has 0 heterocycles. The third kappa shape index (κ3) is 5.41. The minimum atomic E-state index is -4.79. The lowest BCUT2D eigenvalue weighted by molar-refractivity contribution is -0.274. The van der Waals surface area contributed by atoms with Crippen LogP contribution in [0.15, 0.2) is 42.5 Å². The molecule has 0 bridgehead atoms. The molecule has 0 saturated carbocycles. The Balaban J connectivity index is 2.04. The van der Waals surface area contributed by atoms with E-state index >= 15 is 0 Å². The van der Waals surface area contributed by atoms with E-state index in [1.165, 1.54) is 18.2 Å². The van der Waals surface area contributed by atoms with Gasteiger partial charge in [0.2, 0.25) is 5.91 Å². The van der Waals surface area contributed by atoms with E-state index in [2.05, 4.69) is 15.4 Å². The summed E-state index contributed by atoms with van der Waals surface area (Å²) in [5.74, 6) is -0.737. The maximum Gasteiger partial charge on any atom is 0.573 e. The van der Waals surface area contributed by atoms with Gasteiger partial charge < -0.3 is 15.4 Å². The highest BCUT2D eigenvalue weighted by Gasteiger charge is 2.32. The van der Waals surface area contributed by atoms with E-state index in [-0.39, 0.29) is 23.9 Å². The Labute approximate surface area is 144 Å². The van der Waals surface area contributed by atoms with Crippen LogP contribution in [0, 0.1) is 6.92 Å². The van der Waals surface area contributed by atoms with E-state index < -0.39 is 6.36 Å². The monoisotopic (exact) mass is 352 g/mol. The van der Waals surface area contributed by atoms with Crippen molar-refractivity contribution in [1.82, 2.24) is 0 Å². The summed E-state index contributed by atoms with van der Waals surface area (Å²) in [4.78, 5) is 12.2. The van der Waals surface area contributed by atoms with Gasteiger partial charge >= 0.3 is 6.36 Å². The highest BCUT2D eigenvalue weighted by atomic mass is 19.4. The van der Waals surface area contributed by atoms with E-state index in [9.17, 15) is 18.0 Å². The maximum absolute atomic E-state index is 12.4. The molecule has 134 valence electrons. The summed E-state index contributed by atoms with van der Waals surface area (Å²) in [5, 5.41) is 5.48. The summed E-state index contributed by atoms with van der Waals surface area (Å²) in [5.41, 5.74) is 2.75. The molecule has 2 N–H and O–H groups in total. The Kier molecular flexibility index (Phi) is 5.90. The third-order valence-corrected chi connectivity index (χ3v) is 3.56. The zero-order valence-corrected chi connectivity index (χ0v) is 13.9. The number of carbonyl (C=O) groups excluding carboxylic acids is 1. The van der Waals surface area contributed by atoms with E-state index in [0.29, 0.717) is 0 Å². The summed E-state index contributed by atoms with van der Waals surface area (Å²) >= 11 is 0. The minimum Gasteiger partial charge on any atom is -0.404 e. The standard InChI is InChI=1S/C18H19F3N2O2/c1-3-13-8-6-7-12(2)17(13)23-16(24)11-22-14-9-4-5-10-15(14)25-18(19,20)21/h4-10,22H,3,11H2,1-2H3,(H,23,24). The first-order valence-corrected chi connectivity index (χ1v) is 7.77. The molecule has 0 fully saturated rings. The SMILES string of the molecule is CCc1cccc(C)c1NC(=O)CNc1ccccc1OC(F)(F)F. The van der Waals surface area contributed by atoms with Crippen molar-refractivity contribution in [2.24, 2.45) is 0 Å². The van der Waals surface area contributed by atoms with Gasteiger partial charge in [0.15, 0.2) is 5.75 Å². The normalized spacial score (nSPS) is 11.1. The Morgan fingerprint density at radius 3 is 2.52 bits per heavy atom. The van der Waals surface area contributed by atoms with Crippen molar-refractivity contribution < 1.29 is 22.7 Å². The second-order valence-electron chi connectivity index (χ2n) is 5.41. The molecular formula is C18H19F3N2O2. The number of para-hydroxylation sites is 3. The number of hydrogen-bond acceptors (Lipinski definition) is 3. The van der Waals surface area contributed by atoms with Crippen molar-refractivity contribution in [2.45, 2.75) is 26.6 Å². The molecule has 2 rings (SSSR count). The fourth-order valence-electron chi connectivity index (χ4n) is 2.39. The second kappa shape index (κ2) is 7.92.